The minimum atomic E-state index is 0.122. The maximum Gasteiger partial charge on any atom is 0.239 e. The van der Waals surface area contributed by atoms with Crippen LogP contribution >= 0.6 is 0 Å². The molecular formula is C17H22N2O. The Kier molecular flexibility index (Phi) is 4.05. The van der Waals surface area contributed by atoms with Crippen molar-refractivity contribution in [1.29, 1.82) is 0 Å². The first-order chi connectivity index (χ1) is 9.83. The fourth-order valence-electron chi connectivity index (χ4n) is 3.14. The molecule has 1 amide bonds. The molecule has 3 rings (SSSR count). The van der Waals surface area contributed by atoms with Crippen molar-refractivity contribution >= 4 is 16.8 Å². The number of benzene rings is 1. The number of amides is 1. The number of hydrogen-bond acceptors (Lipinski definition) is 1. The summed E-state index contributed by atoms with van der Waals surface area (Å²) in [6.07, 6.45) is 8.54. The zero-order valence-corrected chi connectivity index (χ0v) is 11.8. The Morgan fingerprint density at radius 3 is 2.80 bits per heavy atom. The number of hydrogen-bond donors (Lipinski definition) is 1. The first-order valence-electron chi connectivity index (χ1n) is 7.63. The highest BCUT2D eigenvalue weighted by Gasteiger charge is 2.14. The van der Waals surface area contributed by atoms with E-state index in [1.807, 2.05) is 22.9 Å². The van der Waals surface area contributed by atoms with Gasteiger partial charge in [0, 0.05) is 18.3 Å². The molecule has 1 aliphatic carbocycles. The van der Waals surface area contributed by atoms with Gasteiger partial charge in [0.1, 0.15) is 6.54 Å². The lowest BCUT2D eigenvalue weighted by atomic mass is 9.89. The average Bonchev–Trinajstić information content (AvgIpc) is 2.90. The molecular weight excluding hydrogens is 248 g/mol. The molecule has 2 aromatic rings. The standard InChI is InChI=1S/C17H22N2O/c20-17(18-12-14-6-2-1-3-7-14)13-19-11-10-15-8-4-5-9-16(15)19/h4-5,8-11,14H,1-3,6-7,12-13H2,(H,18,20). The summed E-state index contributed by atoms with van der Waals surface area (Å²) < 4.78 is 2.02. The van der Waals surface area contributed by atoms with Crippen molar-refractivity contribution in [3.63, 3.8) is 0 Å². The molecule has 1 saturated carbocycles. The monoisotopic (exact) mass is 270 g/mol. The number of aromatic nitrogens is 1. The molecule has 1 N–H and O–H groups in total. The second-order valence-electron chi connectivity index (χ2n) is 5.81. The Morgan fingerprint density at radius 1 is 1.15 bits per heavy atom. The maximum absolute atomic E-state index is 12.1. The normalized spacial score (nSPS) is 16.4. The number of nitrogens with zero attached hydrogens (tertiary/aromatic N) is 1. The first kappa shape index (κ1) is 13.2. The topological polar surface area (TPSA) is 34.0 Å². The summed E-state index contributed by atoms with van der Waals surface area (Å²) in [4.78, 5) is 12.1. The molecule has 1 aliphatic rings. The van der Waals surface area contributed by atoms with E-state index >= 15 is 0 Å². The molecule has 0 aliphatic heterocycles. The molecule has 0 unspecified atom stereocenters. The van der Waals surface area contributed by atoms with E-state index in [9.17, 15) is 4.79 Å². The van der Waals surface area contributed by atoms with Gasteiger partial charge in [-0.15, -0.1) is 0 Å². The van der Waals surface area contributed by atoms with E-state index in [0.29, 0.717) is 12.5 Å². The van der Waals surface area contributed by atoms with E-state index in [0.717, 1.165) is 12.1 Å². The fourth-order valence-corrected chi connectivity index (χ4v) is 3.14. The van der Waals surface area contributed by atoms with Crippen LogP contribution in [0.3, 0.4) is 0 Å². The van der Waals surface area contributed by atoms with E-state index in [2.05, 4.69) is 23.5 Å². The van der Waals surface area contributed by atoms with Gasteiger partial charge in [0.05, 0.1) is 0 Å². The first-order valence-corrected chi connectivity index (χ1v) is 7.63. The molecule has 20 heavy (non-hydrogen) atoms. The number of carbonyl (C=O) groups is 1. The Morgan fingerprint density at radius 2 is 1.95 bits per heavy atom. The van der Waals surface area contributed by atoms with Gasteiger partial charge in [0.2, 0.25) is 5.91 Å². The Hall–Kier alpha value is -1.77. The second-order valence-corrected chi connectivity index (χ2v) is 5.81. The molecule has 3 nitrogen and oxygen atoms in total. The molecule has 1 aromatic heterocycles. The van der Waals surface area contributed by atoms with Crippen LogP contribution in [0.15, 0.2) is 36.5 Å². The largest absolute Gasteiger partial charge is 0.354 e. The van der Waals surface area contributed by atoms with Crippen molar-refractivity contribution in [2.75, 3.05) is 6.54 Å². The molecule has 0 bridgehead atoms. The van der Waals surface area contributed by atoms with E-state index in [-0.39, 0.29) is 5.91 Å². The Balaban J connectivity index is 1.55. The van der Waals surface area contributed by atoms with Crippen molar-refractivity contribution in [1.82, 2.24) is 9.88 Å². The van der Waals surface area contributed by atoms with E-state index < -0.39 is 0 Å². The van der Waals surface area contributed by atoms with E-state index in [1.54, 1.807) is 0 Å². The number of carbonyl (C=O) groups excluding carboxylic acids is 1. The van der Waals surface area contributed by atoms with Crippen molar-refractivity contribution in [3.05, 3.63) is 36.5 Å². The lowest BCUT2D eigenvalue weighted by molar-refractivity contribution is -0.121. The summed E-state index contributed by atoms with van der Waals surface area (Å²) in [5.41, 5.74) is 1.13. The van der Waals surface area contributed by atoms with Gasteiger partial charge in [-0.05, 0) is 36.3 Å². The molecule has 1 aromatic carbocycles. The highest BCUT2D eigenvalue weighted by Crippen LogP contribution is 2.22. The minimum absolute atomic E-state index is 0.122. The minimum Gasteiger partial charge on any atom is -0.354 e. The smallest absolute Gasteiger partial charge is 0.239 e. The zero-order chi connectivity index (χ0) is 13.8. The van der Waals surface area contributed by atoms with Crippen LogP contribution in [0.1, 0.15) is 32.1 Å². The van der Waals surface area contributed by atoms with Gasteiger partial charge in [-0.25, -0.2) is 0 Å². The lowest BCUT2D eigenvalue weighted by Gasteiger charge is -2.21. The molecule has 0 atom stereocenters. The van der Waals surface area contributed by atoms with Gasteiger partial charge in [-0.2, -0.15) is 0 Å². The van der Waals surface area contributed by atoms with Crippen LogP contribution in [-0.2, 0) is 11.3 Å². The third-order valence-electron chi connectivity index (χ3n) is 4.31. The van der Waals surface area contributed by atoms with Gasteiger partial charge in [0.15, 0.2) is 0 Å². The summed E-state index contributed by atoms with van der Waals surface area (Å²) in [5.74, 6) is 0.811. The highest BCUT2D eigenvalue weighted by atomic mass is 16.1. The highest BCUT2D eigenvalue weighted by molar-refractivity contribution is 5.83. The Bertz CT molecular complexity index is 581. The molecule has 3 heteroatoms. The molecule has 0 spiro atoms. The van der Waals surface area contributed by atoms with Crippen LogP contribution < -0.4 is 5.32 Å². The molecule has 106 valence electrons. The summed E-state index contributed by atoms with van der Waals surface area (Å²) >= 11 is 0. The number of para-hydroxylation sites is 1. The number of fused-ring (bicyclic) bond motifs is 1. The van der Waals surface area contributed by atoms with Crippen LogP contribution in [0.25, 0.3) is 10.9 Å². The van der Waals surface area contributed by atoms with Crippen LogP contribution in [0, 0.1) is 5.92 Å². The van der Waals surface area contributed by atoms with E-state index in [4.69, 9.17) is 0 Å². The van der Waals surface area contributed by atoms with Crippen LogP contribution in [0.2, 0.25) is 0 Å². The predicted octanol–water partition coefficient (Wildman–Crippen LogP) is 3.34. The number of rotatable bonds is 4. The van der Waals surface area contributed by atoms with E-state index in [1.165, 1.54) is 37.5 Å². The van der Waals surface area contributed by atoms with Gasteiger partial charge in [-0.1, -0.05) is 37.5 Å². The van der Waals surface area contributed by atoms with Crippen molar-refractivity contribution in [2.24, 2.45) is 5.92 Å². The summed E-state index contributed by atoms with van der Waals surface area (Å²) in [5, 5.41) is 4.28. The summed E-state index contributed by atoms with van der Waals surface area (Å²) in [6, 6.07) is 10.2. The van der Waals surface area contributed by atoms with Gasteiger partial charge < -0.3 is 9.88 Å². The Labute approximate surface area is 120 Å². The van der Waals surface area contributed by atoms with Gasteiger partial charge >= 0.3 is 0 Å². The van der Waals surface area contributed by atoms with Crippen LogP contribution in [-0.4, -0.2) is 17.0 Å². The maximum atomic E-state index is 12.1. The summed E-state index contributed by atoms with van der Waals surface area (Å²) in [7, 11) is 0. The third-order valence-corrected chi connectivity index (χ3v) is 4.31. The number of nitrogens with one attached hydrogen (secondary N) is 1. The molecule has 1 heterocycles. The van der Waals surface area contributed by atoms with Gasteiger partial charge in [-0.3, -0.25) is 4.79 Å². The van der Waals surface area contributed by atoms with Crippen molar-refractivity contribution in [3.8, 4) is 0 Å². The fraction of sp³-hybridized carbons (Fsp3) is 0.471. The lowest BCUT2D eigenvalue weighted by Crippen LogP contribution is -2.32. The second kappa shape index (κ2) is 6.12. The average molecular weight is 270 g/mol. The molecule has 0 radical (unpaired) electrons. The van der Waals surface area contributed by atoms with Crippen molar-refractivity contribution < 1.29 is 4.79 Å². The van der Waals surface area contributed by atoms with Crippen LogP contribution in [0.5, 0.6) is 0 Å². The summed E-state index contributed by atoms with van der Waals surface area (Å²) in [6.45, 7) is 1.26. The van der Waals surface area contributed by atoms with Crippen molar-refractivity contribution in [2.45, 2.75) is 38.6 Å². The SMILES string of the molecule is O=C(Cn1ccc2ccccc21)NCC1CCCCC1. The quantitative estimate of drug-likeness (QED) is 0.908. The van der Waals surface area contributed by atoms with Crippen LogP contribution in [0.4, 0.5) is 0 Å². The molecule has 1 fully saturated rings. The molecule has 0 saturated heterocycles. The zero-order valence-electron chi connectivity index (χ0n) is 11.8. The predicted molar refractivity (Wildman–Crippen MR) is 81.5 cm³/mol. The third kappa shape index (κ3) is 3.03. The van der Waals surface area contributed by atoms with Gasteiger partial charge in [0.25, 0.3) is 0 Å².